The lowest BCUT2D eigenvalue weighted by atomic mass is 10.2. The summed E-state index contributed by atoms with van der Waals surface area (Å²) in [6.07, 6.45) is 2.77. The lowest BCUT2D eigenvalue weighted by Crippen LogP contribution is -2.45. The Bertz CT molecular complexity index is 415. The standard InChI is InChI=1S/C17H26O3Si/c1-4-13-18-21(19-14-5-2,20-15-6-3)16-12-17-10-8-7-9-11-17/h7-11H,4-6,13-15H2,1-3H3. The van der Waals surface area contributed by atoms with Crippen molar-refractivity contribution in [3.8, 4) is 11.5 Å². The van der Waals surface area contributed by atoms with E-state index in [9.17, 15) is 0 Å². The van der Waals surface area contributed by atoms with Gasteiger partial charge in [0.25, 0.3) is 0 Å². The third-order valence-electron chi connectivity index (χ3n) is 2.62. The Kier molecular flexibility index (Phi) is 9.03. The first-order chi connectivity index (χ1) is 10.3. The van der Waals surface area contributed by atoms with Gasteiger partial charge in [0.2, 0.25) is 0 Å². The Hall–Kier alpha value is -1.12. The Morgan fingerprint density at radius 2 is 1.29 bits per heavy atom. The molecular weight excluding hydrogens is 280 g/mol. The SMILES string of the molecule is CCCO[Si](C#Cc1ccccc1)(OCCC)OCCC. The highest BCUT2D eigenvalue weighted by molar-refractivity contribution is 6.69. The summed E-state index contributed by atoms with van der Waals surface area (Å²) in [5.74, 6) is 3.15. The van der Waals surface area contributed by atoms with E-state index in [0.29, 0.717) is 19.8 Å². The van der Waals surface area contributed by atoms with E-state index in [1.54, 1.807) is 0 Å². The van der Waals surface area contributed by atoms with Gasteiger partial charge in [0.05, 0.1) is 0 Å². The minimum atomic E-state index is -2.90. The quantitative estimate of drug-likeness (QED) is 0.513. The van der Waals surface area contributed by atoms with Gasteiger partial charge in [-0.2, -0.15) is 0 Å². The van der Waals surface area contributed by atoms with Crippen LogP contribution in [0.1, 0.15) is 45.6 Å². The van der Waals surface area contributed by atoms with E-state index in [-0.39, 0.29) is 0 Å². The fraction of sp³-hybridized carbons (Fsp3) is 0.529. The Morgan fingerprint density at radius 3 is 1.71 bits per heavy atom. The van der Waals surface area contributed by atoms with E-state index < -0.39 is 8.80 Å². The van der Waals surface area contributed by atoms with Gasteiger partial charge in [-0.3, -0.25) is 0 Å². The smallest absolute Gasteiger partial charge is 0.364 e. The van der Waals surface area contributed by atoms with Crippen LogP contribution in [0.25, 0.3) is 0 Å². The highest BCUT2D eigenvalue weighted by Crippen LogP contribution is 2.11. The summed E-state index contributed by atoms with van der Waals surface area (Å²) < 4.78 is 17.8. The first kappa shape index (κ1) is 17.9. The van der Waals surface area contributed by atoms with Gasteiger partial charge in [0.1, 0.15) is 0 Å². The monoisotopic (exact) mass is 306 g/mol. The number of benzene rings is 1. The fourth-order valence-electron chi connectivity index (χ4n) is 1.61. The molecule has 0 spiro atoms. The second-order valence-corrected chi connectivity index (χ2v) is 6.95. The van der Waals surface area contributed by atoms with Crippen molar-refractivity contribution in [2.45, 2.75) is 40.0 Å². The molecule has 0 amide bonds. The maximum absolute atomic E-state index is 5.93. The van der Waals surface area contributed by atoms with Gasteiger partial charge in [-0.05, 0) is 36.9 Å². The van der Waals surface area contributed by atoms with Crippen LogP contribution in [-0.2, 0) is 13.3 Å². The second kappa shape index (κ2) is 10.6. The number of hydrogen-bond acceptors (Lipinski definition) is 3. The van der Waals surface area contributed by atoms with E-state index in [1.807, 2.05) is 30.3 Å². The molecule has 0 heterocycles. The summed E-state index contributed by atoms with van der Waals surface area (Å²) in [5, 5.41) is 0. The molecule has 0 radical (unpaired) electrons. The Morgan fingerprint density at radius 1 is 0.810 bits per heavy atom. The molecule has 0 aliphatic heterocycles. The molecule has 0 fully saturated rings. The summed E-state index contributed by atoms with van der Waals surface area (Å²) in [6, 6.07) is 9.88. The van der Waals surface area contributed by atoms with E-state index in [0.717, 1.165) is 24.8 Å². The van der Waals surface area contributed by atoms with Crippen LogP contribution in [0.4, 0.5) is 0 Å². The van der Waals surface area contributed by atoms with Gasteiger partial charge in [0, 0.05) is 25.4 Å². The molecule has 1 aromatic rings. The summed E-state index contributed by atoms with van der Waals surface area (Å²) >= 11 is 0. The molecule has 0 N–H and O–H groups in total. The maximum atomic E-state index is 5.93. The third kappa shape index (κ3) is 6.92. The highest BCUT2D eigenvalue weighted by Gasteiger charge is 2.40. The molecule has 21 heavy (non-hydrogen) atoms. The average molecular weight is 306 g/mol. The van der Waals surface area contributed by atoms with Crippen molar-refractivity contribution in [3.63, 3.8) is 0 Å². The first-order valence-corrected chi connectivity index (χ1v) is 9.49. The van der Waals surface area contributed by atoms with E-state index in [2.05, 4.69) is 32.2 Å². The normalized spacial score (nSPS) is 11.0. The molecule has 0 atom stereocenters. The van der Waals surface area contributed by atoms with Crippen LogP contribution in [0, 0.1) is 11.5 Å². The maximum Gasteiger partial charge on any atom is 0.591 e. The van der Waals surface area contributed by atoms with Gasteiger partial charge in [-0.15, -0.1) is 0 Å². The molecule has 0 unspecified atom stereocenters. The summed E-state index contributed by atoms with van der Waals surface area (Å²) in [5.41, 5.74) is 4.13. The highest BCUT2D eigenvalue weighted by atomic mass is 28.4. The minimum Gasteiger partial charge on any atom is -0.364 e. The fourth-order valence-corrected chi connectivity index (χ4v) is 3.80. The topological polar surface area (TPSA) is 27.7 Å². The third-order valence-corrected chi connectivity index (χ3v) is 4.81. The molecular formula is C17H26O3Si. The van der Waals surface area contributed by atoms with Crippen molar-refractivity contribution in [1.29, 1.82) is 0 Å². The Labute approximate surface area is 130 Å². The van der Waals surface area contributed by atoms with Gasteiger partial charge in [-0.1, -0.05) is 44.9 Å². The van der Waals surface area contributed by atoms with Crippen molar-refractivity contribution in [1.82, 2.24) is 0 Å². The predicted octanol–water partition coefficient (Wildman–Crippen LogP) is 3.80. The number of rotatable bonds is 9. The molecule has 0 saturated heterocycles. The zero-order valence-electron chi connectivity index (χ0n) is 13.4. The van der Waals surface area contributed by atoms with Crippen molar-refractivity contribution >= 4 is 8.80 Å². The zero-order valence-corrected chi connectivity index (χ0v) is 14.4. The van der Waals surface area contributed by atoms with E-state index in [4.69, 9.17) is 13.3 Å². The number of hydrogen-bond donors (Lipinski definition) is 0. The second-order valence-electron chi connectivity index (χ2n) is 4.72. The van der Waals surface area contributed by atoms with Gasteiger partial charge in [-0.25, -0.2) is 0 Å². The van der Waals surface area contributed by atoms with Gasteiger partial charge >= 0.3 is 8.80 Å². The molecule has 3 nitrogen and oxygen atoms in total. The van der Waals surface area contributed by atoms with Crippen LogP contribution in [0.5, 0.6) is 0 Å². The molecule has 0 saturated carbocycles. The van der Waals surface area contributed by atoms with Crippen LogP contribution in [0.2, 0.25) is 0 Å². The van der Waals surface area contributed by atoms with Crippen LogP contribution in [0.15, 0.2) is 30.3 Å². The van der Waals surface area contributed by atoms with Crippen molar-refractivity contribution in [2.24, 2.45) is 0 Å². The minimum absolute atomic E-state index is 0.614. The van der Waals surface area contributed by atoms with Crippen molar-refractivity contribution in [2.75, 3.05) is 19.8 Å². The van der Waals surface area contributed by atoms with Crippen LogP contribution in [-0.4, -0.2) is 28.6 Å². The lowest BCUT2D eigenvalue weighted by Gasteiger charge is -2.24. The predicted molar refractivity (Wildman–Crippen MR) is 87.8 cm³/mol. The van der Waals surface area contributed by atoms with Crippen LogP contribution in [0.3, 0.4) is 0 Å². The Balaban J connectivity index is 2.92. The van der Waals surface area contributed by atoms with Crippen molar-refractivity contribution < 1.29 is 13.3 Å². The molecule has 0 bridgehead atoms. The molecule has 0 aliphatic rings. The molecule has 0 aromatic heterocycles. The largest absolute Gasteiger partial charge is 0.591 e. The van der Waals surface area contributed by atoms with Gasteiger partial charge in [0.15, 0.2) is 0 Å². The van der Waals surface area contributed by atoms with Crippen molar-refractivity contribution in [3.05, 3.63) is 35.9 Å². The lowest BCUT2D eigenvalue weighted by molar-refractivity contribution is 0.0743. The molecule has 0 aliphatic carbocycles. The van der Waals surface area contributed by atoms with E-state index in [1.165, 1.54) is 0 Å². The summed E-state index contributed by atoms with van der Waals surface area (Å²) in [4.78, 5) is 0. The molecule has 116 valence electrons. The van der Waals surface area contributed by atoms with Crippen LogP contribution < -0.4 is 0 Å². The van der Waals surface area contributed by atoms with E-state index >= 15 is 0 Å². The first-order valence-electron chi connectivity index (χ1n) is 7.76. The van der Waals surface area contributed by atoms with Crippen LogP contribution >= 0.6 is 0 Å². The average Bonchev–Trinajstić information content (AvgIpc) is 2.54. The molecule has 1 rings (SSSR count). The zero-order chi connectivity index (χ0) is 15.4. The molecule has 1 aromatic carbocycles. The summed E-state index contributed by atoms with van der Waals surface area (Å²) in [7, 11) is -2.90. The van der Waals surface area contributed by atoms with Gasteiger partial charge < -0.3 is 13.3 Å². The summed E-state index contributed by atoms with van der Waals surface area (Å²) in [6.45, 7) is 8.06. The molecule has 4 heteroatoms.